The topological polar surface area (TPSA) is 52.6 Å². The van der Waals surface area contributed by atoms with Gasteiger partial charge >= 0.3 is 0 Å². The summed E-state index contributed by atoms with van der Waals surface area (Å²) in [5.41, 5.74) is 1.23. The Balaban J connectivity index is 2.33. The lowest BCUT2D eigenvalue weighted by atomic mass is 10.1. The van der Waals surface area contributed by atoms with E-state index in [2.05, 4.69) is 5.32 Å². The van der Waals surface area contributed by atoms with E-state index < -0.39 is 6.10 Å². The molecule has 92 valence electrons. The number of amides is 1. The summed E-state index contributed by atoms with van der Waals surface area (Å²) in [5.74, 6) is -0.441. The fourth-order valence-corrected chi connectivity index (χ4v) is 1.99. The Hall–Kier alpha value is -1.62. The van der Waals surface area contributed by atoms with E-state index in [1.165, 1.54) is 12.1 Å². The first-order valence-corrected chi connectivity index (χ1v) is 5.57. The summed E-state index contributed by atoms with van der Waals surface area (Å²) in [6, 6.07) is 4.26. The molecular formula is C12H15FN2O2. The minimum Gasteiger partial charge on any atom is -0.389 e. The van der Waals surface area contributed by atoms with Gasteiger partial charge < -0.3 is 15.3 Å². The van der Waals surface area contributed by atoms with Crippen molar-refractivity contribution in [3.63, 3.8) is 0 Å². The third kappa shape index (κ3) is 2.55. The SMILES string of the molecule is C[C@@H](O)c1cc(F)ccc1N1CCNC(=O)C1. The van der Waals surface area contributed by atoms with Crippen LogP contribution in [0.1, 0.15) is 18.6 Å². The molecular weight excluding hydrogens is 223 g/mol. The van der Waals surface area contributed by atoms with E-state index >= 15 is 0 Å². The monoisotopic (exact) mass is 238 g/mol. The second kappa shape index (κ2) is 4.71. The van der Waals surface area contributed by atoms with E-state index in [1.807, 2.05) is 4.90 Å². The highest BCUT2D eigenvalue weighted by Gasteiger charge is 2.20. The van der Waals surface area contributed by atoms with Crippen LogP contribution in [-0.4, -0.2) is 30.6 Å². The number of anilines is 1. The van der Waals surface area contributed by atoms with Gasteiger partial charge in [0, 0.05) is 24.3 Å². The molecule has 1 aromatic carbocycles. The van der Waals surface area contributed by atoms with Crippen molar-refractivity contribution >= 4 is 11.6 Å². The number of carbonyl (C=O) groups is 1. The minimum absolute atomic E-state index is 0.0582. The number of hydrogen-bond acceptors (Lipinski definition) is 3. The van der Waals surface area contributed by atoms with Crippen LogP contribution in [0.25, 0.3) is 0 Å². The summed E-state index contributed by atoms with van der Waals surface area (Å²) < 4.78 is 13.1. The number of nitrogens with zero attached hydrogens (tertiary/aromatic N) is 1. The van der Waals surface area contributed by atoms with Crippen LogP contribution in [0.15, 0.2) is 18.2 Å². The number of piperazine rings is 1. The number of hydrogen-bond donors (Lipinski definition) is 2. The molecule has 1 atom stereocenters. The zero-order valence-corrected chi connectivity index (χ0v) is 9.61. The van der Waals surface area contributed by atoms with Crippen LogP contribution >= 0.6 is 0 Å². The van der Waals surface area contributed by atoms with E-state index in [4.69, 9.17) is 0 Å². The Bertz CT molecular complexity index is 435. The molecule has 0 saturated carbocycles. The zero-order chi connectivity index (χ0) is 12.4. The van der Waals surface area contributed by atoms with Crippen molar-refractivity contribution in [3.8, 4) is 0 Å². The fourth-order valence-electron chi connectivity index (χ4n) is 1.99. The Labute approximate surface area is 99.0 Å². The number of carbonyl (C=O) groups excluding carboxylic acids is 1. The third-order valence-corrected chi connectivity index (χ3v) is 2.82. The standard InChI is InChI=1S/C12H15FN2O2/c1-8(16)10-6-9(13)2-3-11(10)15-5-4-14-12(17)7-15/h2-3,6,8,16H,4-5,7H2,1H3,(H,14,17)/t8-/m1/s1. The molecule has 2 rings (SSSR count). The van der Waals surface area contributed by atoms with E-state index in [-0.39, 0.29) is 18.3 Å². The second-order valence-electron chi connectivity index (χ2n) is 4.15. The van der Waals surface area contributed by atoms with Gasteiger partial charge in [0.05, 0.1) is 12.6 Å². The molecule has 1 fully saturated rings. The largest absolute Gasteiger partial charge is 0.389 e. The van der Waals surface area contributed by atoms with Crippen molar-refractivity contribution in [2.24, 2.45) is 0 Å². The van der Waals surface area contributed by atoms with Crippen molar-refractivity contribution < 1.29 is 14.3 Å². The van der Waals surface area contributed by atoms with Gasteiger partial charge in [0.25, 0.3) is 0 Å². The molecule has 4 nitrogen and oxygen atoms in total. The van der Waals surface area contributed by atoms with Gasteiger partial charge in [-0.05, 0) is 25.1 Å². The summed E-state index contributed by atoms with van der Waals surface area (Å²) in [6.07, 6.45) is -0.759. The Morgan fingerprint density at radius 2 is 2.29 bits per heavy atom. The van der Waals surface area contributed by atoms with Crippen LogP contribution in [0.4, 0.5) is 10.1 Å². The van der Waals surface area contributed by atoms with Gasteiger partial charge in [0.15, 0.2) is 0 Å². The highest BCUT2D eigenvalue weighted by molar-refractivity contribution is 5.83. The number of rotatable bonds is 2. The normalized spacial score (nSPS) is 17.8. The molecule has 1 heterocycles. The second-order valence-corrected chi connectivity index (χ2v) is 4.15. The van der Waals surface area contributed by atoms with Crippen molar-refractivity contribution in [1.29, 1.82) is 0 Å². The highest BCUT2D eigenvalue weighted by atomic mass is 19.1. The van der Waals surface area contributed by atoms with Crippen LogP contribution in [0.5, 0.6) is 0 Å². The van der Waals surface area contributed by atoms with Crippen LogP contribution in [0, 0.1) is 5.82 Å². The first-order valence-electron chi connectivity index (χ1n) is 5.57. The average molecular weight is 238 g/mol. The number of aliphatic hydroxyl groups excluding tert-OH is 1. The zero-order valence-electron chi connectivity index (χ0n) is 9.61. The van der Waals surface area contributed by atoms with Crippen LogP contribution in [0.2, 0.25) is 0 Å². The quantitative estimate of drug-likeness (QED) is 0.802. The van der Waals surface area contributed by atoms with Gasteiger partial charge in [0.1, 0.15) is 5.82 Å². The smallest absolute Gasteiger partial charge is 0.239 e. The minimum atomic E-state index is -0.759. The molecule has 2 N–H and O–H groups in total. The van der Waals surface area contributed by atoms with E-state index in [0.29, 0.717) is 18.7 Å². The van der Waals surface area contributed by atoms with Crippen molar-refractivity contribution in [1.82, 2.24) is 5.32 Å². The van der Waals surface area contributed by atoms with Crippen LogP contribution < -0.4 is 10.2 Å². The molecule has 1 aliphatic heterocycles. The maximum atomic E-state index is 13.1. The molecule has 0 spiro atoms. The predicted molar refractivity (Wildman–Crippen MR) is 62.3 cm³/mol. The molecule has 17 heavy (non-hydrogen) atoms. The summed E-state index contributed by atoms with van der Waals surface area (Å²) >= 11 is 0. The number of halogens is 1. The Morgan fingerprint density at radius 1 is 1.53 bits per heavy atom. The predicted octanol–water partition coefficient (Wildman–Crippen LogP) is 0.815. The van der Waals surface area contributed by atoms with Gasteiger partial charge in [-0.25, -0.2) is 4.39 Å². The molecule has 1 saturated heterocycles. The van der Waals surface area contributed by atoms with Crippen LogP contribution in [0.3, 0.4) is 0 Å². The molecule has 0 bridgehead atoms. The molecule has 0 aromatic heterocycles. The molecule has 1 aliphatic rings. The fraction of sp³-hybridized carbons (Fsp3) is 0.417. The lowest BCUT2D eigenvalue weighted by Gasteiger charge is -2.30. The van der Waals surface area contributed by atoms with Gasteiger partial charge in [0.2, 0.25) is 5.91 Å². The van der Waals surface area contributed by atoms with Crippen molar-refractivity contribution in [3.05, 3.63) is 29.6 Å². The maximum Gasteiger partial charge on any atom is 0.239 e. The maximum absolute atomic E-state index is 13.1. The summed E-state index contributed by atoms with van der Waals surface area (Å²) in [7, 11) is 0. The number of nitrogens with one attached hydrogen (secondary N) is 1. The third-order valence-electron chi connectivity index (χ3n) is 2.82. The van der Waals surface area contributed by atoms with E-state index in [1.54, 1.807) is 13.0 Å². The molecule has 0 radical (unpaired) electrons. The lowest BCUT2D eigenvalue weighted by Crippen LogP contribution is -2.48. The Kier molecular flexibility index (Phi) is 3.28. The van der Waals surface area contributed by atoms with E-state index in [0.717, 1.165) is 5.69 Å². The number of benzene rings is 1. The van der Waals surface area contributed by atoms with Crippen molar-refractivity contribution in [2.45, 2.75) is 13.0 Å². The summed E-state index contributed by atoms with van der Waals surface area (Å²) in [6.45, 7) is 3.06. The first kappa shape index (κ1) is 11.9. The van der Waals surface area contributed by atoms with Gasteiger partial charge in [-0.3, -0.25) is 4.79 Å². The van der Waals surface area contributed by atoms with E-state index in [9.17, 15) is 14.3 Å². The molecule has 5 heteroatoms. The number of aliphatic hydroxyl groups is 1. The average Bonchev–Trinajstić information content (AvgIpc) is 2.28. The lowest BCUT2D eigenvalue weighted by molar-refractivity contribution is -0.120. The molecule has 1 amide bonds. The van der Waals surface area contributed by atoms with Gasteiger partial charge in [-0.2, -0.15) is 0 Å². The van der Waals surface area contributed by atoms with Gasteiger partial charge in [-0.15, -0.1) is 0 Å². The van der Waals surface area contributed by atoms with Gasteiger partial charge in [-0.1, -0.05) is 0 Å². The molecule has 0 aliphatic carbocycles. The van der Waals surface area contributed by atoms with Crippen LogP contribution in [-0.2, 0) is 4.79 Å². The summed E-state index contributed by atoms with van der Waals surface area (Å²) in [4.78, 5) is 13.2. The van der Waals surface area contributed by atoms with Crippen molar-refractivity contribution in [2.75, 3.05) is 24.5 Å². The molecule has 1 aromatic rings. The Morgan fingerprint density at radius 3 is 2.94 bits per heavy atom. The molecule has 0 unspecified atom stereocenters. The first-order chi connectivity index (χ1) is 8.08. The summed E-state index contributed by atoms with van der Waals surface area (Å²) in [5, 5.41) is 12.4. The highest BCUT2D eigenvalue weighted by Crippen LogP contribution is 2.27.